The lowest BCUT2D eigenvalue weighted by atomic mass is 10.1. The van der Waals surface area contributed by atoms with E-state index in [9.17, 15) is 0 Å². The Morgan fingerprint density at radius 1 is 1.39 bits per heavy atom. The molecule has 0 amide bonds. The van der Waals surface area contributed by atoms with Gasteiger partial charge in [-0.1, -0.05) is 23.7 Å². The molecule has 0 saturated heterocycles. The quantitative estimate of drug-likeness (QED) is 0.825. The van der Waals surface area contributed by atoms with E-state index in [4.69, 9.17) is 16.3 Å². The lowest BCUT2D eigenvalue weighted by Crippen LogP contribution is -2.35. The standard InChI is InChI=1S/C14H23ClN2O/c1-11(2)17(8-9-18-4)14-12(10-16-3)6-5-7-13(14)15/h5-7,11,16H,8-10H2,1-4H3. The van der Waals surface area contributed by atoms with Gasteiger partial charge >= 0.3 is 0 Å². The summed E-state index contributed by atoms with van der Waals surface area (Å²) in [6.07, 6.45) is 0. The van der Waals surface area contributed by atoms with Crippen LogP contribution in [0.25, 0.3) is 0 Å². The second kappa shape index (κ2) is 7.62. The number of nitrogens with one attached hydrogen (secondary N) is 1. The van der Waals surface area contributed by atoms with Crippen LogP contribution in [0, 0.1) is 0 Å². The van der Waals surface area contributed by atoms with E-state index in [1.807, 2.05) is 19.2 Å². The van der Waals surface area contributed by atoms with Gasteiger partial charge in [-0.3, -0.25) is 0 Å². The summed E-state index contributed by atoms with van der Waals surface area (Å²) in [5.74, 6) is 0. The van der Waals surface area contributed by atoms with Crippen molar-refractivity contribution in [2.24, 2.45) is 0 Å². The summed E-state index contributed by atoms with van der Waals surface area (Å²) in [6, 6.07) is 6.43. The minimum absolute atomic E-state index is 0.385. The van der Waals surface area contributed by atoms with Crippen molar-refractivity contribution in [1.82, 2.24) is 5.32 Å². The highest BCUT2D eigenvalue weighted by molar-refractivity contribution is 6.33. The van der Waals surface area contributed by atoms with Crippen molar-refractivity contribution < 1.29 is 4.74 Å². The fourth-order valence-corrected chi connectivity index (χ4v) is 2.34. The second-order valence-electron chi connectivity index (χ2n) is 4.56. The van der Waals surface area contributed by atoms with E-state index >= 15 is 0 Å². The Bertz CT molecular complexity index is 369. The van der Waals surface area contributed by atoms with Crippen LogP contribution in [0.5, 0.6) is 0 Å². The zero-order valence-corrected chi connectivity index (χ0v) is 12.4. The van der Waals surface area contributed by atoms with E-state index in [1.165, 1.54) is 5.56 Å². The summed E-state index contributed by atoms with van der Waals surface area (Å²) >= 11 is 6.37. The number of anilines is 1. The molecule has 0 atom stereocenters. The van der Waals surface area contributed by atoms with Crippen LogP contribution >= 0.6 is 11.6 Å². The normalized spacial score (nSPS) is 11.0. The monoisotopic (exact) mass is 270 g/mol. The highest BCUT2D eigenvalue weighted by atomic mass is 35.5. The van der Waals surface area contributed by atoms with Crippen molar-refractivity contribution >= 4 is 17.3 Å². The molecule has 18 heavy (non-hydrogen) atoms. The minimum Gasteiger partial charge on any atom is -0.383 e. The van der Waals surface area contributed by atoms with Crippen LogP contribution in [0.3, 0.4) is 0 Å². The predicted molar refractivity (Wildman–Crippen MR) is 78.6 cm³/mol. The maximum Gasteiger partial charge on any atom is 0.0643 e. The maximum absolute atomic E-state index is 6.37. The number of nitrogens with zero attached hydrogens (tertiary/aromatic N) is 1. The molecule has 1 N–H and O–H groups in total. The van der Waals surface area contributed by atoms with Gasteiger partial charge in [-0.2, -0.15) is 0 Å². The highest BCUT2D eigenvalue weighted by Gasteiger charge is 2.17. The molecule has 4 heteroatoms. The van der Waals surface area contributed by atoms with Crippen LogP contribution in [0.15, 0.2) is 18.2 Å². The summed E-state index contributed by atoms with van der Waals surface area (Å²) in [4.78, 5) is 2.29. The van der Waals surface area contributed by atoms with Crippen LogP contribution in [0.1, 0.15) is 19.4 Å². The van der Waals surface area contributed by atoms with Crippen molar-refractivity contribution in [2.45, 2.75) is 26.4 Å². The Labute approximate surface area is 115 Å². The van der Waals surface area contributed by atoms with Gasteiger partial charge in [0.1, 0.15) is 0 Å². The molecule has 0 bridgehead atoms. The minimum atomic E-state index is 0.385. The van der Waals surface area contributed by atoms with Gasteiger partial charge in [-0.15, -0.1) is 0 Å². The zero-order chi connectivity index (χ0) is 13.5. The lowest BCUT2D eigenvalue weighted by Gasteiger charge is -2.31. The molecule has 3 nitrogen and oxygen atoms in total. The molecule has 0 aliphatic heterocycles. The molecule has 0 radical (unpaired) electrons. The Morgan fingerprint density at radius 3 is 2.67 bits per heavy atom. The third kappa shape index (κ3) is 3.87. The number of methoxy groups -OCH3 is 1. The molecule has 0 saturated carbocycles. The molecular weight excluding hydrogens is 248 g/mol. The lowest BCUT2D eigenvalue weighted by molar-refractivity contribution is 0.204. The van der Waals surface area contributed by atoms with Crippen molar-refractivity contribution in [1.29, 1.82) is 0 Å². The van der Waals surface area contributed by atoms with Crippen LogP contribution in [0.2, 0.25) is 5.02 Å². The fraction of sp³-hybridized carbons (Fsp3) is 0.571. The molecule has 0 aliphatic rings. The second-order valence-corrected chi connectivity index (χ2v) is 4.97. The Morgan fingerprint density at radius 2 is 2.11 bits per heavy atom. The number of hydrogen-bond donors (Lipinski definition) is 1. The Kier molecular flexibility index (Phi) is 6.47. The number of rotatable bonds is 7. The first-order valence-corrected chi connectivity index (χ1v) is 6.67. The SMILES string of the molecule is CNCc1cccc(Cl)c1N(CCOC)C(C)C. The van der Waals surface area contributed by atoms with E-state index in [2.05, 4.69) is 30.1 Å². The Balaban J connectivity index is 3.08. The topological polar surface area (TPSA) is 24.5 Å². The summed E-state index contributed by atoms with van der Waals surface area (Å²) in [6.45, 7) is 6.69. The van der Waals surface area contributed by atoms with E-state index in [0.29, 0.717) is 12.6 Å². The zero-order valence-electron chi connectivity index (χ0n) is 11.7. The first kappa shape index (κ1) is 15.3. The molecule has 0 aliphatic carbocycles. The first-order chi connectivity index (χ1) is 8.61. The predicted octanol–water partition coefficient (Wildman–Crippen LogP) is 2.92. The number of para-hydroxylation sites is 1. The smallest absolute Gasteiger partial charge is 0.0643 e. The van der Waals surface area contributed by atoms with Gasteiger partial charge in [-0.25, -0.2) is 0 Å². The van der Waals surface area contributed by atoms with Crippen LogP contribution in [-0.2, 0) is 11.3 Å². The molecule has 0 unspecified atom stereocenters. The van der Waals surface area contributed by atoms with Gasteiger partial charge < -0.3 is 15.0 Å². The van der Waals surface area contributed by atoms with E-state index in [-0.39, 0.29) is 0 Å². The average Bonchev–Trinajstić information content (AvgIpc) is 2.32. The molecule has 0 aromatic heterocycles. The Hall–Kier alpha value is -0.770. The molecule has 0 spiro atoms. The van der Waals surface area contributed by atoms with Crippen molar-refractivity contribution in [2.75, 3.05) is 32.2 Å². The maximum atomic E-state index is 6.37. The molecule has 0 heterocycles. The number of halogens is 1. The fourth-order valence-electron chi connectivity index (χ4n) is 2.03. The van der Waals surface area contributed by atoms with Crippen molar-refractivity contribution in [3.63, 3.8) is 0 Å². The summed E-state index contributed by atoms with van der Waals surface area (Å²) in [5, 5.41) is 3.98. The van der Waals surface area contributed by atoms with Gasteiger partial charge in [0, 0.05) is 26.2 Å². The van der Waals surface area contributed by atoms with Crippen LogP contribution in [-0.4, -0.2) is 33.4 Å². The van der Waals surface area contributed by atoms with Crippen molar-refractivity contribution in [3.8, 4) is 0 Å². The van der Waals surface area contributed by atoms with E-state index in [0.717, 1.165) is 23.8 Å². The molecule has 102 valence electrons. The first-order valence-electron chi connectivity index (χ1n) is 6.29. The van der Waals surface area contributed by atoms with Gasteiger partial charge in [0.25, 0.3) is 0 Å². The third-order valence-corrected chi connectivity index (χ3v) is 3.19. The van der Waals surface area contributed by atoms with Gasteiger partial charge in [-0.05, 0) is 32.5 Å². The summed E-state index contributed by atoms with van der Waals surface area (Å²) in [7, 11) is 3.67. The van der Waals surface area contributed by atoms with Gasteiger partial charge in [0.15, 0.2) is 0 Å². The molecule has 1 rings (SSSR count). The number of benzene rings is 1. The highest BCUT2D eigenvalue weighted by Crippen LogP contribution is 2.31. The number of ether oxygens (including phenoxy) is 1. The van der Waals surface area contributed by atoms with E-state index < -0.39 is 0 Å². The molecule has 1 aromatic carbocycles. The molecular formula is C14H23ClN2O. The third-order valence-electron chi connectivity index (χ3n) is 2.88. The van der Waals surface area contributed by atoms with Crippen LogP contribution in [0.4, 0.5) is 5.69 Å². The van der Waals surface area contributed by atoms with E-state index in [1.54, 1.807) is 7.11 Å². The molecule has 0 fully saturated rings. The van der Waals surface area contributed by atoms with Gasteiger partial charge in [0.2, 0.25) is 0 Å². The van der Waals surface area contributed by atoms with Crippen LogP contribution < -0.4 is 10.2 Å². The van der Waals surface area contributed by atoms with Crippen molar-refractivity contribution in [3.05, 3.63) is 28.8 Å². The largest absolute Gasteiger partial charge is 0.383 e. The average molecular weight is 271 g/mol. The molecule has 1 aromatic rings. The number of hydrogen-bond acceptors (Lipinski definition) is 3. The van der Waals surface area contributed by atoms with Gasteiger partial charge in [0.05, 0.1) is 17.3 Å². The summed E-state index contributed by atoms with van der Waals surface area (Å²) < 4.78 is 5.18. The summed E-state index contributed by atoms with van der Waals surface area (Å²) in [5.41, 5.74) is 2.33.